The van der Waals surface area contributed by atoms with Gasteiger partial charge in [-0.1, -0.05) is 18.2 Å². The summed E-state index contributed by atoms with van der Waals surface area (Å²) in [7, 11) is 1.04. The van der Waals surface area contributed by atoms with Crippen molar-refractivity contribution in [3.63, 3.8) is 0 Å². The number of phenolic OH excluding ortho intramolecular Hbond substituents is 5. The van der Waals surface area contributed by atoms with Crippen LogP contribution >= 0.6 is 0 Å². The monoisotopic (exact) mass is 586 g/mol. The van der Waals surface area contributed by atoms with Gasteiger partial charge >= 0.3 is 5.97 Å². The van der Waals surface area contributed by atoms with Crippen LogP contribution in [0.1, 0.15) is 66.1 Å². The number of hydrogen-bond acceptors (Lipinski definition) is 11. The number of hydrogen-bond donors (Lipinski definition) is 7. The van der Waals surface area contributed by atoms with E-state index in [-0.39, 0.29) is 45.6 Å². The molecule has 0 radical (unpaired) electrons. The molecule has 3 atom stereocenters. The molecule has 220 valence electrons. The fourth-order valence-electron chi connectivity index (χ4n) is 6.72. The molecule has 7 rings (SSSR count). The van der Waals surface area contributed by atoms with Gasteiger partial charge in [0.25, 0.3) is 0 Å². The molecular weight excluding hydrogens is 560 g/mol. The molecule has 0 fully saturated rings. The van der Waals surface area contributed by atoms with Gasteiger partial charge < -0.3 is 40.5 Å². The summed E-state index contributed by atoms with van der Waals surface area (Å²) in [6.07, 6.45) is 0.703. The van der Waals surface area contributed by atoms with Crippen molar-refractivity contribution >= 4 is 23.3 Å². The molecule has 0 amide bonds. The number of ether oxygens (including phenoxy) is 1. The van der Waals surface area contributed by atoms with Crippen LogP contribution in [0.15, 0.2) is 48.1 Å². The second kappa shape index (κ2) is 9.36. The van der Waals surface area contributed by atoms with Crippen LogP contribution in [0.2, 0.25) is 0 Å². The maximum Gasteiger partial charge on any atom is 0.342 e. The highest BCUT2D eigenvalue weighted by Gasteiger charge is 2.56. The van der Waals surface area contributed by atoms with Crippen LogP contribution in [-0.4, -0.2) is 60.4 Å². The van der Waals surface area contributed by atoms with Crippen molar-refractivity contribution in [2.24, 2.45) is 5.41 Å². The molecule has 1 spiro atoms. The van der Waals surface area contributed by atoms with Gasteiger partial charge in [0.05, 0.1) is 35.7 Å². The summed E-state index contributed by atoms with van der Waals surface area (Å²) < 4.78 is 4.66. The summed E-state index contributed by atoms with van der Waals surface area (Å²) in [5.74, 6) is -7.21. The van der Waals surface area contributed by atoms with Crippen LogP contribution in [0, 0.1) is 12.3 Å². The van der Waals surface area contributed by atoms with Gasteiger partial charge in [0.1, 0.15) is 45.6 Å². The van der Waals surface area contributed by atoms with Crippen molar-refractivity contribution in [3.8, 4) is 28.7 Å². The Morgan fingerprint density at radius 3 is 2.35 bits per heavy atom. The molecule has 0 aromatic heterocycles. The second-order valence-corrected chi connectivity index (χ2v) is 11.0. The fourth-order valence-corrected chi connectivity index (χ4v) is 6.72. The Kier molecular flexibility index (Phi) is 6.07. The largest absolute Gasteiger partial charge is 0.508 e. The normalized spacial score (nSPS) is 21.6. The van der Waals surface area contributed by atoms with Crippen LogP contribution in [0.3, 0.4) is 0 Å². The molecule has 3 aromatic carbocycles. The maximum atomic E-state index is 14.0. The summed E-state index contributed by atoms with van der Waals surface area (Å²) in [6.45, 7) is 1.69. The number of aliphatic hydroxyl groups is 2. The molecule has 0 saturated carbocycles. The van der Waals surface area contributed by atoms with E-state index in [1.165, 1.54) is 18.2 Å². The van der Waals surface area contributed by atoms with Crippen LogP contribution in [0.25, 0.3) is 5.76 Å². The smallest absolute Gasteiger partial charge is 0.342 e. The van der Waals surface area contributed by atoms with Crippen molar-refractivity contribution in [2.75, 3.05) is 7.11 Å². The van der Waals surface area contributed by atoms with Gasteiger partial charge in [-0.3, -0.25) is 9.59 Å². The first-order chi connectivity index (χ1) is 20.3. The number of carbonyl (C=O) groups excluding carboxylic acids is 3. The fraction of sp³-hybridized carbons (Fsp3) is 0.219. The zero-order chi connectivity index (χ0) is 31.1. The molecule has 0 saturated heterocycles. The molecule has 11 nitrogen and oxygen atoms in total. The zero-order valence-electron chi connectivity index (χ0n) is 22.9. The first-order valence-electron chi connectivity index (χ1n) is 13.2. The summed E-state index contributed by atoms with van der Waals surface area (Å²) in [6, 6.07) is 6.28. The highest BCUT2D eigenvalue weighted by molar-refractivity contribution is 6.12. The highest BCUT2D eigenvalue weighted by atomic mass is 16.5. The molecule has 3 aromatic rings. The number of fused-ring (bicyclic) bond motifs is 1. The van der Waals surface area contributed by atoms with Crippen molar-refractivity contribution in [3.05, 3.63) is 92.6 Å². The highest BCUT2D eigenvalue weighted by Crippen LogP contribution is 2.61. The molecule has 43 heavy (non-hydrogen) atoms. The lowest BCUT2D eigenvalue weighted by atomic mass is 9.61. The van der Waals surface area contributed by atoms with Gasteiger partial charge in [-0.2, -0.15) is 0 Å². The minimum atomic E-state index is -1.51. The number of carbonyl (C=O) groups is 3. The quantitative estimate of drug-likeness (QED) is 0.102. The van der Waals surface area contributed by atoms with Crippen molar-refractivity contribution < 1.29 is 54.9 Å². The molecule has 7 N–H and O–H groups in total. The lowest BCUT2D eigenvalue weighted by Gasteiger charge is -2.43. The average Bonchev–Trinajstić information content (AvgIpc) is 3.16. The number of aryl methyl sites for hydroxylation is 1. The molecule has 0 unspecified atom stereocenters. The van der Waals surface area contributed by atoms with E-state index in [4.69, 9.17) is 0 Å². The van der Waals surface area contributed by atoms with Gasteiger partial charge in [0.15, 0.2) is 11.6 Å². The van der Waals surface area contributed by atoms with Crippen molar-refractivity contribution in [2.45, 2.75) is 31.8 Å². The van der Waals surface area contributed by atoms with Crippen molar-refractivity contribution in [1.29, 1.82) is 0 Å². The van der Waals surface area contributed by atoms with Crippen LogP contribution in [0.4, 0.5) is 0 Å². The summed E-state index contributed by atoms with van der Waals surface area (Å²) in [5.41, 5.74) is -2.13. The Balaban J connectivity index is 1.50. The average molecular weight is 587 g/mol. The minimum absolute atomic E-state index is 0.0287. The molecule has 4 aliphatic rings. The van der Waals surface area contributed by atoms with Gasteiger partial charge in [0, 0.05) is 17.5 Å². The number of ketones is 2. The number of Topliss-reactive ketones (excluding diaryl/α,β-unsaturated/α-hetero) is 2. The van der Waals surface area contributed by atoms with Crippen molar-refractivity contribution in [1.82, 2.24) is 0 Å². The Bertz CT molecular complexity index is 1870. The van der Waals surface area contributed by atoms with Gasteiger partial charge in [-0.15, -0.1) is 0 Å². The van der Waals surface area contributed by atoms with E-state index in [1.54, 1.807) is 19.1 Å². The Hall–Kier alpha value is -5.29. The van der Waals surface area contributed by atoms with Crippen LogP contribution in [-0.2, 0) is 22.4 Å². The predicted molar refractivity (Wildman–Crippen MR) is 149 cm³/mol. The first-order valence-corrected chi connectivity index (χ1v) is 13.2. The predicted octanol–water partition coefficient (Wildman–Crippen LogP) is 3.52. The number of phenols is 5. The SMILES string of the molecule is COC(=O)c1c(O)ccc(O)c1CC(=O)c1c(O)cc2c(c1O)[C@@H]1C=C[C@]3(C2)C(=C(O)c2c(O)cc(C)cc2[C@@H]3O)C1=O. The van der Waals surface area contributed by atoms with E-state index in [0.717, 1.165) is 19.2 Å². The van der Waals surface area contributed by atoms with E-state index in [1.807, 2.05) is 0 Å². The van der Waals surface area contributed by atoms with E-state index in [9.17, 15) is 50.1 Å². The second-order valence-electron chi connectivity index (χ2n) is 11.0. The Morgan fingerprint density at radius 1 is 0.953 bits per heavy atom. The summed E-state index contributed by atoms with van der Waals surface area (Å²) in [4.78, 5) is 39.8. The third-order valence-corrected chi connectivity index (χ3v) is 8.60. The third kappa shape index (κ3) is 3.74. The van der Waals surface area contributed by atoms with E-state index in [2.05, 4.69) is 4.74 Å². The topological polar surface area (TPSA) is 202 Å². The molecule has 0 aliphatic heterocycles. The maximum absolute atomic E-state index is 14.0. The Morgan fingerprint density at radius 2 is 1.65 bits per heavy atom. The van der Waals surface area contributed by atoms with Crippen LogP contribution in [0.5, 0.6) is 28.7 Å². The molecule has 4 aliphatic carbocycles. The number of aliphatic hydroxyl groups excluding tert-OH is 2. The van der Waals surface area contributed by atoms with Gasteiger partial charge in [-0.05, 0) is 54.3 Å². The molecule has 11 heteroatoms. The summed E-state index contributed by atoms with van der Waals surface area (Å²) >= 11 is 0. The third-order valence-electron chi connectivity index (χ3n) is 8.60. The van der Waals surface area contributed by atoms with Crippen LogP contribution < -0.4 is 0 Å². The van der Waals surface area contributed by atoms with Gasteiger partial charge in [0.2, 0.25) is 0 Å². The molecule has 0 heterocycles. The van der Waals surface area contributed by atoms with E-state index < -0.39 is 81.3 Å². The zero-order valence-corrected chi connectivity index (χ0v) is 22.9. The number of rotatable bonds is 4. The van der Waals surface area contributed by atoms with E-state index >= 15 is 0 Å². The number of benzene rings is 3. The summed E-state index contributed by atoms with van der Waals surface area (Å²) in [5, 5.41) is 76.6. The first kappa shape index (κ1) is 27.9. The number of allylic oxidation sites excluding steroid dienone is 1. The lowest BCUT2D eigenvalue weighted by Crippen LogP contribution is -2.40. The molecule has 2 bridgehead atoms. The lowest BCUT2D eigenvalue weighted by molar-refractivity contribution is -0.118. The van der Waals surface area contributed by atoms with E-state index in [0.29, 0.717) is 5.56 Å². The number of esters is 1. The molecular formula is C32H26O11. The van der Waals surface area contributed by atoms with Gasteiger partial charge in [-0.25, -0.2) is 4.79 Å². The number of methoxy groups -OCH3 is 1. The Labute approximate surface area is 243 Å². The standard InChI is InChI=1S/C32H26O11/c1-12-7-16-23(19(35)8-12)29(40)26-27(38)14-5-6-32(26,30(16)41)11-13-9-20(36)25(28(39)22(13)14)21(37)10-15-17(33)3-4-18(34)24(15)31(42)43-2/h3-9,14,30,33-36,39-41H,10-11H2,1-2H3/t14-,30-,32-/m0/s1. The number of aromatic hydroxyl groups is 5. The minimum Gasteiger partial charge on any atom is -0.508 e.